The fourth-order valence-corrected chi connectivity index (χ4v) is 2.39. The molecule has 0 aliphatic heterocycles. The molecule has 0 saturated heterocycles. The van der Waals surface area contributed by atoms with Crippen molar-refractivity contribution in [3.8, 4) is 0 Å². The van der Waals surface area contributed by atoms with Gasteiger partial charge in [0.2, 0.25) is 5.91 Å². The van der Waals surface area contributed by atoms with E-state index in [1.807, 2.05) is 48.5 Å². The van der Waals surface area contributed by atoms with Crippen molar-refractivity contribution in [3.63, 3.8) is 0 Å². The van der Waals surface area contributed by atoms with Crippen molar-refractivity contribution in [2.75, 3.05) is 17.2 Å². The van der Waals surface area contributed by atoms with E-state index in [1.165, 1.54) is 0 Å². The lowest BCUT2D eigenvalue weighted by Crippen LogP contribution is -2.14. The summed E-state index contributed by atoms with van der Waals surface area (Å²) in [6.45, 7) is 3.08. The molecular formula is C17H19BrN2O. The molecule has 21 heavy (non-hydrogen) atoms. The highest BCUT2D eigenvalue weighted by Gasteiger charge is 2.06. The zero-order valence-electron chi connectivity index (χ0n) is 12.0. The Hall–Kier alpha value is -1.81. The maximum Gasteiger partial charge on any atom is 0.228 e. The molecule has 0 bridgehead atoms. The van der Waals surface area contributed by atoms with Gasteiger partial charge in [-0.15, -0.1) is 0 Å². The standard InChI is InChI=1S/C17H19BrN2O/c1-2-11-19-14-7-9-15(10-8-14)20-17(21)12-13-5-3-4-6-16(13)18/h3-10,19H,2,11-12H2,1H3,(H,20,21). The van der Waals surface area contributed by atoms with Crippen LogP contribution in [0.4, 0.5) is 11.4 Å². The number of halogens is 1. The lowest BCUT2D eigenvalue weighted by Gasteiger charge is -2.08. The van der Waals surface area contributed by atoms with Crippen LogP contribution in [-0.4, -0.2) is 12.5 Å². The molecule has 110 valence electrons. The van der Waals surface area contributed by atoms with Gasteiger partial charge in [-0.1, -0.05) is 41.1 Å². The van der Waals surface area contributed by atoms with Crippen LogP contribution in [0.3, 0.4) is 0 Å². The summed E-state index contributed by atoms with van der Waals surface area (Å²) in [6.07, 6.45) is 1.45. The normalized spacial score (nSPS) is 10.2. The second kappa shape index (κ2) is 7.84. The summed E-state index contributed by atoms with van der Waals surface area (Å²) < 4.78 is 0.958. The Morgan fingerprint density at radius 1 is 1.05 bits per heavy atom. The van der Waals surface area contributed by atoms with E-state index in [9.17, 15) is 4.79 Å². The molecule has 2 aromatic carbocycles. The lowest BCUT2D eigenvalue weighted by atomic mass is 10.1. The monoisotopic (exact) mass is 346 g/mol. The number of amides is 1. The van der Waals surface area contributed by atoms with Crippen LogP contribution >= 0.6 is 15.9 Å². The van der Waals surface area contributed by atoms with E-state index in [2.05, 4.69) is 33.5 Å². The van der Waals surface area contributed by atoms with Crippen molar-refractivity contribution in [2.45, 2.75) is 19.8 Å². The van der Waals surface area contributed by atoms with Crippen LogP contribution in [0.2, 0.25) is 0 Å². The third-order valence-electron chi connectivity index (χ3n) is 3.06. The van der Waals surface area contributed by atoms with Gasteiger partial charge in [-0.05, 0) is 42.3 Å². The second-order valence-electron chi connectivity index (χ2n) is 4.82. The smallest absolute Gasteiger partial charge is 0.228 e. The number of carbonyl (C=O) groups excluding carboxylic acids is 1. The minimum absolute atomic E-state index is 0.0174. The molecular weight excluding hydrogens is 328 g/mol. The van der Waals surface area contributed by atoms with Crippen LogP contribution < -0.4 is 10.6 Å². The highest BCUT2D eigenvalue weighted by atomic mass is 79.9. The molecule has 0 fully saturated rings. The van der Waals surface area contributed by atoms with Crippen LogP contribution in [0, 0.1) is 0 Å². The summed E-state index contributed by atoms with van der Waals surface area (Å²) in [4.78, 5) is 12.0. The fourth-order valence-electron chi connectivity index (χ4n) is 1.96. The summed E-state index contributed by atoms with van der Waals surface area (Å²) in [5, 5.41) is 6.22. The SMILES string of the molecule is CCCNc1ccc(NC(=O)Cc2ccccc2Br)cc1. The predicted octanol–water partition coefficient (Wildman–Crippen LogP) is 4.45. The number of nitrogens with one attached hydrogen (secondary N) is 2. The van der Waals surface area contributed by atoms with E-state index in [0.717, 1.165) is 34.4 Å². The highest BCUT2D eigenvalue weighted by molar-refractivity contribution is 9.10. The Morgan fingerprint density at radius 2 is 1.71 bits per heavy atom. The van der Waals surface area contributed by atoms with Gasteiger partial charge in [0.1, 0.15) is 0 Å². The Balaban J connectivity index is 1.92. The first-order valence-corrected chi connectivity index (χ1v) is 7.85. The minimum Gasteiger partial charge on any atom is -0.385 e. The molecule has 2 N–H and O–H groups in total. The second-order valence-corrected chi connectivity index (χ2v) is 5.67. The third kappa shape index (κ3) is 4.90. The average Bonchev–Trinajstić information content (AvgIpc) is 2.49. The number of hydrogen-bond acceptors (Lipinski definition) is 2. The van der Waals surface area contributed by atoms with Crippen LogP contribution in [0.5, 0.6) is 0 Å². The summed E-state index contributed by atoms with van der Waals surface area (Å²) in [5.74, 6) is -0.0174. The number of anilines is 2. The Bertz CT molecular complexity index is 596. The number of hydrogen-bond donors (Lipinski definition) is 2. The van der Waals surface area contributed by atoms with E-state index in [-0.39, 0.29) is 5.91 Å². The largest absolute Gasteiger partial charge is 0.385 e. The Kier molecular flexibility index (Phi) is 5.81. The Labute approximate surface area is 133 Å². The summed E-state index contributed by atoms with van der Waals surface area (Å²) in [7, 11) is 0. The van der Waals surface area contributed by atoms with Crippen LogP contribution in [0.15, 0.2) is 53.0 Å². The minimum atomic E-state index is -0.0174. The molecule has 0 saturated carbocycles. The highest BCUT2D eigenvalue weighted by Crippen LogP contribution is 2.18. The maximum absolute atomic E-state index is 12.0. The molecule has 4 heteroatoms. The molecule has 0 radical (unpaired) electrons. The van der Waals surface area contributed by atoms with Gasteiger partial charge in [0.25, 0.3) is 0 Å². The van der Waals surface area contributed by atoms with Crippen molar-refractivity contribution in [3.05, 3.63) is 58.6 Å². The van der Waals surface area contributed by atoms with E-state index in [4.69, 9.17) is 0 Å². The quantitative estimate of drug-likeness (QED) is 0.810. The number of rotatable bonds is 6. The van der Waals surface area contributed by atoms with E-state index in [0.29, 0.717) is 6.42 Å². The molecule has 0 heterocycles. The van der Waals surface area contributed by atoms with Crippen molar-refractivity contribution in [2.24, 2.45) is 0 Å². The molecule has 0 aliphatic carbocycles. The van der Waals surface area contributed by atoms with E-state index >= 15 is 0 Å². The zero-order valence-corrected chi connectivity index (χ0v) is 13.6. The molecule has 2 aromatic rings. The predicted molar refractivity (Wildman–Crippen MR) is 91.7 cm³/mol. The van der Waals surface area contributed by atoms with Gasteiger partial charge in [0, 0.05) is 22.4 Å². The van der Waals surface area contributed by atoms with Crippen LogP contribution in [0.1, 0.15) is 18.9 Å². The van der Waals surface area contributed by atoms with Crippen molar-refractivity contribution in [1.82, 2.24) is 0 Å². The summed E-state index contributed by atoms with van der Waals surface area (Å²) in [5.41, 5.74) is 2.87. The first-order chi connectivity index (χ1) is 10.2. The molecule has 3 nitrogen and oxygen atoms in total. The third-order valence-corrected chi connectivity index (χ3v) is 3.83. The molecule has 0 aliphatic rings. The molecule has 2 rings (SSSR count). The first-order valence-electron chi connectivity index (χ1n) is 7.06. The first kappa shape index (κ1) is 15.6. The van der Waals surface area contributed by atoms with Gasteiger partial charge in [-0.25, -0.2) is 0 Å². The van der Waals surface area contributed by atoms with Gasteiger partial charge >= 0.3 is 0 Å². The number of carbonyl (C=O) groups is 1. The molecule has 0 spiro atoms. The topological polar surface area (TPSA) is 41.1 Å². The molecule has 0 atom stereocenters. The summed E-state index contributed by atoms with van der Waals surface area (Å²) >= 11 is 3.46. The van der Waals surface area contributed by atoms with Gasteiger partial charge in [-0.2, -0.15) is 0 Å². The lowest BCUT2D eigenvalue weighted by molar-refractivity contribution is -0.115. The van der Waals surface area contributed by atoms with Gasteiger partial charge in [0.05, 0.1) is 6.42 Å². The fraction of sp³-hybridized carbons (Fsp3) is 0.235. The average molecular weight is 347 g/mol. The van der Waals surface area contributed by atoms with Gasteiger partial charge in [0.15, 0.2) is 0 Å². The van der Waals surface area contributed by atoms with Gasteiger partial charge < -0.3 is 10.6 Å². The van der Waals surface area contributed by atoms with Crippen molar-refractivity contribution in [1.29, 1.82) is 0 Å². The van der Waals surface area contributed by atoms with Crippen LogP contribution in [-0.2, 0) is 11.2 Å². The molecule has 0 unspecified atom stereocenters. The maximum atomic E-state index is 12.0. The van der Waals surface area contributed by atoms with E-state index in [1.54, 1.807) is 0 Å². The van der Waals surface area contributed by atoms with Crippen molar-refractivity contribution < 1.29 is 4.79 Å². The molecule has 1 amide bonds. The molecule has 0 aromatic heterocycles. The summed E-state index contributed by atoms with van der Waals surface area (Å²) in [6, 6.07) is 15.5. The zero-order chi connectivity index (χ0) is 15.1. The van der Waals surface area contributed by atoms with Gasteiger partial charge in [-0.3, -0.25) is 4.79 Å². The van der Waals surface area contributed by atoms with Crippen LogP contribution in [0.25, 0.3) is 0 Å². The van der Waals surface area contributed by atoms with E-state index < -0.39 is 0 Å². The number of benzene rings is 2. The van der Waals surface area contributed by atoms with Crippen molar-refractivity contribution >= 4 is 33.2 Å². The Morgan fingerprint density at radius 3 is 2.38 bits per heavy atom.